The fourth-order valence-corrected chi connectivity index (χ4v) is 2.20. The lowest BCUT2D eigenvalue weighted by molar-refractivity contribution is -0.870. The van der Waals surface area contributed by atoms with Crippen molar-refractivity contribution in [2.45, 2.75) is 33.4 Å². The first kappa shape index (κ1) is 15.6. The lowest BCUT2D eigenvalue weighted by Crippen LogP contribution is -2.36. The van der Waals surface area contributed by atoms with Crippen molar-refractivity contribution in [1.29, 1.82) is 0 Å². The molecule has 3 N–H and O–H groups in total. The minimum atomic E-state index is -0.0987. The Morgan fingerprint density at radius 2 is 1.74 bits per heavy atom. The van der Waals surface area contributed by atoms with E-state index in [1.165, 1.54) is 0 Å². The van der Waals surface area contributed by atoms with Crippen molar-refractivity contribution in [3.8, 4) is 0 Å². The normalized spacial score (nSPS) is 11.8. The number of hydrogen-bond acceptors (Lipinski definition) is 3. The van der Waals surface area contributed by atoms with Gasteiger partial charge in [0.25, 0.3) is 5.56 Å². The number of rotatable bonds is 7. The summed E-state index contributed by atoms with van der Waals surface area (Å²) in [4.78, 5) is 12.0. The molecule has 0 bridgehead atoms. The first-order chi connectivity index (χ1) is 8.81. The number of nitrogens with one attached hydrogen (secondary N) is 1. The standard InChI is InChI=1S/C13H27N5O/c1-6-16-12(11(14)13(19)17(16)7-2)15-9-8-10-18(3,4)5/h6-10,14H2,1-5H3/p+1. The molecule has 0 aliphatic rings. The molecule has 0 fully saturated rings. The van der Waals surface area contributed by atoms with Gasteiger partial charge in [-0.3, -0.25) is 9.48 Å². The van der Waals surface area contributed by atoms with E-state index in [0.29, 0.717) is 12.2 Å². The van der Waals surface area contributed by atoms with Crippen LogP contribution in [0.1, 0.15) is 20.3 Å². The number of aromatic nitrogens is 2. The zero-order chi connectivity index (χ0) is 14.6. The maximum Gasteiger partial charge on any atom is 0.292 e. The van der Waals surface area contributed by atoms with Gasteiger partial charge in [0, 0.05) is 26.1 Å². The molecule has 0 radical (unpaired) electrons. The summed E-state index contributed by atoms with van der Waals surface area (Å²) in [7, 11) is 6.51. The fraction of sp³-hybridized carbons (Fsp3) is 0.769. The predicted octanol–water partition coefficient (Wildman–Crippen LogP) is 0.780. The van der Waals surface area contributed by atoms with E-state index in [2.05, 4.69) is 26.5 Å². The van der Waals surface area contributed by atoms with Crippen LogP contribution in [0.3, 0.4) is 0 Å². The lowest BCUT2D eigenvalue weighted by atomic mass is 10.3. The summed E-state index contributed by atoms with van der Waals surface area (Å²) in [6, 6.07) is 0. The summed E-state index contributed by atoms with van der Waals surface area (Å²) in [6.45, 7) is 7.25. The number of nitrogen functional groups attached to an aromatic ring is 1. The van der Waals surface area contributed by atoms with Crippen molar-refractivity contribution >= 4 is 11.5 Å². The Bertz CT molecular complexity index is 467. The average molecular weight is 270 g/mol. The zero-order valence-corrected chi connectivity index (χ0v) is 12.9. The third kappa shape index (κ3) is 3.76. The van der Waals surface area contributed by atoms with Crippen LogP contribution in [0, 0.1) is 0 Å². The third-order valence-corrected chi connectivity index (χ3v) is 3.17. The Morgan fingerprint density at radius 3 is 2.21 bits per heavy atom. The van der Waals surface area contributed by atoms with Gasteiger partial charge in [-0.05, 0) is 13.8 Å². The SMILES string of the molecule is CCn1c(NCCC[N+](C)(C)C)c(N)c(=O)n1CC. The van der Waals surface area contributed by atoms with Gasteiger partial charge in [-0.15, -0.1) is 0 Å². The maximum absolute atomic E-state index is 12.0. The predicted molar refractivity (Wildman–Crippen MR) is 80.5 cm³/mol. The molecule has 0 unspecified atom stereocenters. The molecule has 0 aliphatic heterocycles. The second-order valence-electron chi connectivity index (χ2n) is 5.79. The number of nitrogens with zero attached hydrogens (tertiary/aromatic N) is 3. The minimum absolute atomic E-state index is 0.0987. The van der Waals surface area contributed by atoms with E-state index in [9.17, 15) is 4.79 Å². The van der Waals surface area contributed by atoms with Crippen LogP contribution < -0.4 is 16.6 Å². The molecule has 6 nitrogen and oxygen atoms in total. The molecule has 1 aromatic heterocycles. The van der Waals surface area contributed by atoms with Crippen molar-refractivity contribution in [3.63, 3.8) is 0 Å². The highest BCUT2D eigenvalue weighted by Gasteiger charge is 2.15. The van der Waals surface area contributed by atoms with Gasteiger partial charge in [-0.1, -0.05) is 0 Å². The topological polar surface area (TPSA) is 65.0 Å². The number of anilines is 2. The zero-order valence-electron chi connectivity index (χ0n) is 12.9. The molecule has 0 amide bonds. The number of hydrogen-bond donors (Lipinski definition) is 2. The average Bonchev–Trinajstić information content (AvgIpc) is 2.56. The molecule has 0 saturated heterocycles. The molecule has 1 heterocycles. The highest BCUT2D eigenvalue weighted by molar-refractivity contribution is 5.60. The molecule has 19 heavy (non-hydrogen) atoms. The highest BCUT2D eigenvalue weighted by Crippen LogP contribution is 2.15. The van der Waals surface area contributed by atoms with E-state index in [0.717, 1.165) is 36.4 Å². The molecule has 1 aromatic rings. The van der Waals surface area contributed by atoms with Crippen LogP contribution in [-0.2, 0) is 13.1 Å². The summed E-state index contributed by atoms with van der Waals surface area (Å²) in [5.41, 5.74) is 6.13. The summed E-state index contributed by atoms with van der Waals surface area (Å²) in [5.74, 6) is 0.760. The second-order valence-corrected chi connectivity index (χ2v) is 5.79. The quantitative estimate of drug-likeness (QED) is 0.568. The lowest BCUT2D eigenvalue weighted by Gasteiger charge is -2.24. The summed E-state index contributed by atoms with van der Waals surface area (Å²) in [5, 5.41) is 3.31. The largest absolute Gasteiger partial charge is 0.391 e. The molecular weight excluding hydrogens is 242 g/mol. The molecule has 0 atom stereocenters. The second kappa shape index (κ2) is 6.14. The smallest absolute Gasteiger partial charge is 0.292 e. The van der Waals surface area contributed by atoms with Gasteiger partial charge < -0.3 is 15.5 Å². The van der Waals surface area contributed by atoms with Gasteiger partial charge in [0.2, 0.25) is 0 Å². The summed E-state index contributed by atoms with van der Waals surface area (Å²) >= 11 is 0. The molecule has 0 aliphatic carbocycles. The molecule has 0 spiro atoms. The van der Waals surface area contributed by atoms with Gasteiger partial charge in [0.05, 0.1) is 27.7 Å². The van der Waals surface area contributed by atoms with Crippen LogP contribution in [0.15, 0.2) is 4.79 Å². The van der Waals surface area contributed by atoms with Gasteiger partial charge in [0.15, 0.2) is 0 Å². The van der Waals surface area contributed by atoms with Crippen LogP contribution in [0.4, 0.5) is 11.5 Å². The van der Waals surface area contributed by atoms with E-state index in [1.807, 2.05) is 18.5 Å². The van der Waals surface area contributed by atoms with E-state index in [1.54, 1.807) is 4.68 Å². The Balaban J connectivity index is 2.76. The van der Waals surface area contributed by atoms with Gasteiger partial charge in [-0.2, -0.15) is 0 Å². The molecule has 110 valence electrons. The third-order valence-electron chi connectivity index (χ3n) is 3.17. The van der Waals surface area contributed by atoms with Crippen molar-refractivity contribution in [1.82, 2.24) is 9.36 Å². The summed E-state index contributed by atoms with van der Waals surface area (Å²) in [6.07, 6.45) is 1.04. The first-order valence-corrected chi connectivity index (χ1v) is 6.95. The Hall–Kier alpha value is -1.43. The fourth-order valence-electron chi connectivity index (χ4n) is 2.20. The van der Waals surface area contributed by atoms with Crippen molar-refractivity contribution < 1.29 is 4.48 Å². The molecule has 6 heteroatoms. The van der Waals surface area contributed by atoms with Crippen molar-refractivity contribution in [3.05, 3.63) is 10.4 Å². The van der Waals surface area contributed by atoms with E-state index in [-0.39, 0.29) is 5.56 Å². The van der Waals surface area contributed by atoms with Gasteiger partial charge in [-0.25, -0.2) is 4.68 Å². The van der Waals surface area contributed by atoms with Gasteiger partial charge >= 0.3 is 0 Å². The van der Waals surface area contributed by atoms with Crippen LogP contribution in [0.25, 0.3) is 0 Å². The Labute approximate surface area is 115 Å². The van der Waals surface area contributed by atoms with Crippen LogP contribution in [0.2, 0.25) is 0 Å². The van der Waals surface area contributed by atoms with Gasteiger partial charge in [0.1, 0.15) is 11.5 Å². The molecule has 0 aromatic carbocycles. The minimum Gasteiger partial charge on any atom is -0.391 e. The Morgan fingerprint density at radius 1 is 1.16 bits per heavy atom. The van der Waals surface area contributed by atoms with Crippen LogP contribution in [-0.4, -0.2) is 48.1 Å². The van der Waals surface area contributed by atoms with Crippen molar-refractivity contribution in [2.75, 3.05) is 45.3 Å². The maximum atomic E-state index is 12.0. The van der Waals surface area contributed by atoms with Crippen LogP contribution in [0.5, 0.6) is 0 Å². The van der Waals surface area contributed by atoms with E-state index < -0.39 is 0 Å². The van der Waals surface area contributed by atoms with Crippen LogP contribution >= 0.6 is 0 Å². The number of nitrogens with two attached hydrogens (primary N) is 1. The molecular formula is C13H28N5O+. The highest BCUT2D eigenvalue weighted by atomic mass is 16.1. The first-order valence-electron chi connectivity index (χ1n) is 6.95. The van der Waals surface area contributed by atoms with Crippen molar-refractivity contribution in [2.24, 2.45) is 0 Å². The molecule has 0 saturated carbocycles. The van der Waals surface area contributed by atoms with E-state index >= 15 is 0 Å². The monoisotopic (exact) mass is 270 g/mol. The Kier molecular flexibility index (Phi) is 5.05. The number of quaternary nitrogens is 1. The van der Waals surface area contributed by atoms with E-state index in [4.69, 9.17) is 5.73 Å². The summed E-state index contributed by atoms with van der Waals surface area (Å²) < 4.78 is 4.54. The molecule has 1 rings (SSSR count).